The van der Waals surface area contributed by atoms with Gasteiger partial charge in [0.25, 0.3) is 7.52 Å². The SMILES string of the molecule is CCCP(=O)(O)NC(Cc1ccc(F)cc1)C(=O)Nc1nc(CC(=O)O)cs1. The van der Waals surface area contributed by atoms with Gasteiger partial charge in [0, 0.05) is 11.5 Å². The first kappa shape index (κ1) is 22.2. The van der Waals surface area contributed by atoms with Crippen molar-refractivity contribution < 1.29 is 28.5 Å². The molecule has 152 valence electrons. The van der Waals surface area contributed by atoms with Gasteiger partial charge in [0.2, 0.25) is 5.91 Å². The quantitative estimate of drug-likeness (QED) is 0.427. The monoisotopic (exact) mass is 429 g/mol. The van der Waals surface area contributed by atoms with Crippen LogP contribution < -0.4 is 10.4 Å². The zero-order valence-corrected chi connectivity index (χ0v) is 16.8. The van der Waals surface area contributed by atoms with E-state index in [1.165, 1.54) is 29.6 Å². The maximum atomic E-state index is 13.1. The molecule has 0 spiro atoms. The number of carbonyl (C=O) groups is 2. The number of carbonyl (C=O) groups excluding carboxylic acids is 1. The highest BCUT2D eigenvalue weighted by Gasteiger charge is 2.28. The van der Waals surface area contributed by atoms with Crippen LogP contribution in [-0.2, 0) is 27.0 Å². The Hall–Kier alpha value is -2.13. The lowest BCUT2D eigenvalue weighted by molar-refractivity contribution is -0.136. The average Bonchev–Trinajstić information content (AvgIpc) is 3.02. The molecule has 2 aromatic rings. The minimum Gasteiger partial charge on any atom is -0.481 e. The van der Waals surface area contributed by atoms with Gasteiger partial charge in [0.1, 0.15) is 5.82 Å². The summed E-state index contributed by atoms with van der Waals surface area (Å²) in [5.74, 6) is -2.06. The summed E-state index contributed by atoms with van der Waals surface area (Å²) in [6, 6.07) is 4.42. The predicted molar refractivity (Wildman–Crippen MR) is 104 cm³/mol. The van der Waals surface area contributed by atoms with Crippen molar-refractivity contribution in [3.63, 3.8) is 0 Å². The highest BCUT2D eigenvalue weighted by Crippen LogP contribution is 2.37. The number of hydrogen-bond acceptors (Lipinski definition) is 5. The Morgan fingerprint density at radius 1 is 1.32 bits per heavy atom. The molecule has 0 aliphatic heterocycles. The number of nitrogens with zero attached hydrogens (tertiary/aromatic N) is 1. The van der Waals surface area contributed by atoms with Gasteiger partial charge in [-0.3, -0.25) is 14.2 Å². The summed E-state index contributed by atoms with van der Waals surface area (Å²) >= 11 is 1.06. The van der Waals surface area contributed by atoms with Crippen molar-refractivity contribution >= 4 is 35.9 Å². The van der Waals surface area contributed by atoms with E-state index in [0.717, 1.165) is 11.3 Å². The summed E-state index contributed by atoms with van der Waals surface area (Å²) in [5, 5.41) is 15.5. The molecule has 4 N–H and O–H groups in total. The van der Waals surface area contributed by atoms with Crippen LogP contribution in [0.5, 0.6) is 0 Å². The Balaban J connectivity index is 2.15. The number of benzene rings is 1. The molecule has 2 rings (SSSR count). The minimum absolute atomic E-state index is 0.000208. The summed E-state index contributed by atoms with van der Waals surface area (Å²) in [5.41, 5.74) is 0.908. The van der Waals surface area contributed by atoms with Gasteiger partial charge in [0.05, 0.1) is 18.2 Å². The van der Waals surface area contributed by atoms with Gasteiger partial charge in [-0.25, -0.2) is 14.5 Å². The lowest BCUT2D eigenvalue weighted by Crippen LogP contribution is -2.41. The number of carboxylic acids is 1. The molecule has 0 saturated carbocycles. The topological polar surface area (TPSA) is 129 Å². The molecular formula is C17H21FN3O5PS. The van der Waals surface area contributed by atoms with Crippen molar-refractivity contribution in [1.29, 1.82) is 0 Å². The summed E-state index contributed by atoms with van der Waals surface area (Å²) in [4.78, 5) is 37.5. The predicted octanol–water partition coefficient (Wildman–Crippen LogP) is 2.64. The Morgan fingerprint density at radius 3 is 2.61 bits per heavy atom. The van der Waals surface area contributed by atoms with E-state index >= 15 is 0 Å². The molecule has 0 bridgehead atoms. The van der Waals surface area contributed by atoms with E-state index in [-0.39, 0.29) is 24.1 Å². The number of thiazole rings is 1. The summed E-state index contributed by atoms with van der Waals surface area (Å²) in [7, 11) is -3.75. The van der Waals surface area contributed by atoms with E-state index in [0.29, 0.717) is 17.7 Å². The number of nitrogens with one attached hydrogen (secondary N) is 2. The molecule has 1 amide bonds. The van der Waals surface area contributed by atoms with E-state index in [2.05, 4.69) is 15.4 Å². The third-order valence-corrected chi connectivity index (χ3v) is 6.24. The van der Waals surface area contributed by atoms with Crippen LogP contribution in [0.25, 0.3) is 0 Å². The number of carboxylic acid groups (broad SMARTS) is 1. The fourth-order valence-corrected chi connectivity index (χ4v) is 4.60. The molecule has 11 heteroatoms. The highest BCUT2D eigenvalue weighted by atomic mass is 32.1. The van der Waals surface area contributed by atoms with Crippen LogP contribution >= 0.6 is 18.9 Å². The molecule has 0 radical (unpaired) electrons. The van der Waals surface area contributed by atoms with Crippen molar-refractivity contribution in [3.05, 3.63) is 46.7 Å². The fraction of sp³-hybridized carbons (Fsp3) is 0.353. The second-order valence-corrected chi connectivity index (χ2v) is 9.11. The van der Waals surface area contributed by atoms with Crippen LogP contribution in [0.15, 0.2) is 29.6 Å². The fourth-order valence-electron chi connectivity index (χ4n) is 2.46. The van der Waals surface area contributed by atoms with Gasteiger partial charge in [-0.2, -0.15) is 0 Å². The molecule has 1 heterocycles. The Morgan fingerprint density at radius 2 is 2.00 bits per heavy atom. The van der Waals surface area contributed by atoms with Crippen LogP contribution in [0.1, 0.15) is 24.6 Å². The molecule has 0 saturated heterocycles. The second-order valence-electron chi connectivity index (χ2n) is 6.14. The molecule has 0 aliphatic carbocycles. The van der Waals surface area contributed by atoms with Crippen LogP contribution in [0.2, 0.25) is 0 Å². The average molecular weight is 429 g/mol. The number of amides is 1. The van der Waals surface area contributed by atoms with Crippen LogP contribution in [0.3, 0.4) is 0 Å². The Labute approximate surface area is 165 Å². The van der Waals surface area contributed by atoms with Gasteiger partial charge in [-0.15, -0.1) is 11.3 Å². The third kappa shape index (κ3) is 7.12. The highest BCUT2D eigenvalue weighted by molar-refractivity contribution is 7.55. The standard InChI is InChI=1S/C17H21FN3O5PS/c1-2-7-27(25,26)21-14(8-11-3-5-12(18)6-4-11)16(24)20-17-19-13(10-28-17)9-15(22)23/h3-6,10,14H,2,7-9H2,1H3,(H,22,23)(H,19,20,24)(H2,21,25,26). The largest absolute Gasteiger partial charge is 0.481 e. The van der Waals surface area contributed by atoms with Crippen molar-refractivity contribution in [1.82, 2.24) is 10.1 Å². The van der Waals surface area contributed by atoms with Gasteiger partial charge >= 0.3 is 5.97 Å². The molecule has 2 atom stereocenters. The Kier molecular flexibility index (Phi) is 7.82. The number of hydrogen-bond donors (Lipinski definition) is 4. The molecule has 2 unspecified atom stereocenters. The number of aromatic nitrogens is 1. The van der Waals surface area contributed by atoms with Gasteiger partial charge < -0.3 is 15.3 Å². The molecule has 1 aromatic heterocycles. The van der Waals surface area contributed by atoms with Crippen molar-refractivity contribution in [3.8, 4) is 0 Å². The van der Waals surface area contributed by atoms with Crippen LogP contribution in [0, 0.1) is 5.82 Å². The first-order chi connectivity index (χ1) is 13.2. The third-order valence-electron chi connectivity index (χ3n) is 3.67. The molecule has 0 aliphatic rings. The van der Waals surface area contributed by atoms with Crippen molar-refractivity contribution in [2.45, 2.75) is 32.2 Å². The zero-order chi connectivity index (χ0) is 20.7. The van der Waals surface area contributed by atoms with E-state index in [1.54, 1.807) is 6.92 Å². The maximum Gasteiger partial charge on any atom is 0.309 e. The first-order valence-corrected chi connectivity index (χ1v) is 11.2. The van der Waals surface area contributed by atoms with Gasteiger partial charge in [-0.05, 0) is 30.5 Å². The summed E-state index contributed by atoms with van der Waals surface area (Å²) in [6.45, 7) is 1.75. The number of halogens is 1. The lowest BCUT2D eigenvalue weighted by atomic mass is 10.1. The van der Waals surface area contributed by atoms with Crippen LogP contribution in [0.4, 0.5) is 9.52 Å². The van der Waals surface area contributed by atoms with Crippen molar-refractivity contribution in [2.75, 3.05) is 11.5 Å². The number of anilines is 1. The zero-order valence-electron chi connectivity index (χ0n) is 15.1. The van der Waals surface area contributed by atoms with E-state index in [1.807, 2.05) is 0 Å². The minimum atomic E-state index is -3.75. The van der Waals surface area contributed by atoms with Crippen LogP contribution in [-0.4, -0.2) is 39.1 Å². The molecular weight excluding hydrogens is 408 g/mol. The van der Waals surface area contributed by atoms with E-state index in [4.69, 9.17) is 5.11 Å². The first-order valence-electron chi connectivity index (χ1n) is 8.49. The number of aliphatic carboxylic acids is 1. The summed E-state index contributed by atoms with van der Waals surface area (Å²) in [6.07, 6.45) is 0.247. The smallest absolute Gasteiger partial charge is 0.309 e. The Bertz CT molecular complexity index is 874. The molecule has 0 fully saturated rings. The van der Waals surface area contributed by atoms with Gasteiger partial charge in [-0.1, -0.05) is 19.1 Å². The second kappa shape index (κ2) is 9.88. The number of rotatable bonds is 10. The molecule has 28 heavy (non-hydrogen) atoms. The van der Waals surface area contributed by atoms with E-state index in [9.17, 15) is 23.4 Å². The normalized spacial score (nSPS) is 14.2. The van der Waals surface area contributed by atoms with Crippen molar-refractivity contribution in [2.24, 2.45) is 0 Å². The molecule has 8 nitrogen and oxygen atoms in total. The van der Waals surface area contributed by atoms with Gasteiger partial charge in [0.15, 0.2) is 5.13 Å². The van der Waals surface area contributed by atoms with E-state index < -0.39 is 31.3 Å². The molecule has 1 aromatic carbocycles. The maximum absolute atomic E-state index is 13.1. The summed E-state index contributed by atoms with van der Waals surface area (Å²) < 4.78 is 25.4. The lowest BCUT2D eigenvalue weighted by Gasteiger charge is -2.21.